The highest BCUT2D eigenvalue weighted by molar-refractivity contribution is 5.96. The molecule has 1 unspecified atom stereocenters. The first kappa shape index (κ1) is 18.0. The summed E-state index contributed by atoms with van der Waals surface area (Å²) in [4.78, 5) is 16.2. The zero-order valence-electron chi connectivity index (χ0n) is 14.8. The number of allylic oxidation sites excluding steroid dienone is 3. The predicted molar refractivity (Wildman–Crippen MR) is 103 cm³/mol. The lowest BCUT2D eigenvalue weighted by molar-refractivity contribution is 0.101. The fourth-order valence-electron chi connectivity index (χ4n) is 3.12. The van der Waals surface area contributed by atoms with Crippen LogP contribution in [-0.4, -0.2) is 43.4 Å². The molecular formula is C20H27N3O. The maximum atomic E-state index is 11.5. The van der Waals surface area contributed by atoms with Crippen LogP contribution in [0.3, 0.4) is 0 Å². The van der Waals surface area contributed by atoms with Crippen molar-refractivity contribution < 1.29 is 4.79 Å². The largest absolute Gasteiger partial charge is 0.397 e. The molecule has 1 fully saturated rings. The second-order valence-electron chi connectivity index (χ2n) is 6.17. The number of nitrogens with two attached hydrogens (primary N) is 1. The molecule has 1 saturated heterocycles. The Morgan fingerprint density at radius 1 is 1.38 bits per heavy atom. The van der Waals surface area contributed by atoms with Gasteiger partial charge in [-0.15, -0.1) is 0 Å². The van der Waals surface area contributed by atoms with Crippen LogP contribution in [0.15, 0.2) is 54.7 Å². The van der Waals surface area contributed by atoms with E-state index in [2.05, 4.69) is 41.7 Å². The number of carbonyl (C=O) groups is 1. The monoisotopic (exact) mass is 325 g/mol. The lowest BCUT2D eigenvalue weighted by atomic mass is 10.0. The molecule has 4 nitrogen and oxygen atoms in total. The summed E-state index contributed by atoms with van der Waals surface area (Å²) in [6.07, 6.45) is 8.08. The Balaban J connectivity index is 2.28. The van der Waals surface area contributed by atoms with E-state index in [-0.39, 0.29) is 11.8 Å². The van der Waals surface area contributed by atoms with Gasteiger partial charge in [-0.05, 0) is 44.7 Å². The van der Waals surface area contributed by atoms with Gasteiger partial charge in [-0.3, -0.25) is 9.69 Å². The van der Waals surface area contributed by atoms with Crippen molar-refractivity contribution in [2.45, 2.75) is 19.9 Å². The number of nitrogens with zero attached hydrogens (tertiary/aromatic N) is 2. The molecule has 128 valence electrons. The van der Waals surface area contributed by atoms with Crippen LogP contribution in [0.1, 0.15) is 24.2 Å². The molecule has 0 aromatic heterocycles. The van der Waals surface area contributed by atoms with Gasteiger partial charge in [-0.1, -0.05) is 30.9 Å². The summed E-state index contributed by atoms with van der Waals surface area (Å²) < 4.78 is 0. The normalized spacial score (nSPS) is 19.7. The number of likely N-dealkylation sites (N-methyl/N-ethyl adjacent to an activating group) is 1. The standard InChI is InChI=1S/C20H27N3O/c1-5-7-16(8-6-2)20-14-23(12-11-22(20)4)19-10-9-17(15(3)24)13-18(19)21/h5-10,13,20H,1,11-12,14,21H2,2-4H3/b8-6-,16-7+. The van der Waals surface area contributed by atoms with Gasteiger partial charge in [0.05, 0.1) is 17.4 Å². The Bertz CT molecular complexity index is 675. The molecule has 1 aliphatic rings. The third kappa shape index (κ3) is 3.95. The highest BCUT2D eigenvalue weighted by Crippen LogP contribution is 2.28. The van der Waals surface area contributed by atoms with Gasteiger partial charge in [0.2, 0.25) is 0 Å². The molecule has 0 aliphatic carbocycles. The fraction of sp³-hybridized carbons (Fsp3) is 0.350. The van der Waals surface area contributed by atoms with E-state index in [0.717, 1.165) is 25.3 Å². The van der Waals surface area contributed by atoms with Crippen molar-refractivity contribution >= 4 is 17.2 Å². The molecule has 2 rings (SSSR count). The smallest absolute Gasteiger partial charge is 0.159 e. The molecule has 2 N–H and O–H groups in total. The second kappa shape index (κ2) is 7.97. The van der Waals surface area contributed by atoms with E-state index >= 15 is 0 Å². The van der Waals surface area contributed by atoms with E-state index in [4.69, 9.17) is 5.73 Å². The summed E-state index contributed by atoms with van der Waals surface area (Å²) in [6.45, 7) is 10.1. The zero-order chi connectivity index (χ0) is 17.7. The first-order chi connectivity index (χ1) is 11.5. The van der Waals surface area contributed by atoms with Gasteiger partial charge < -0.3 is 10.6 Å². The average Bonchev–Trinajstić information content (AvgIpc) is 2.55. The topological polar surface area (TPSA) is 49.6 Å². The van der Waals surface area contributed by atoms with Gasteiger partial charge in [0.1, 0.15) is 0 Å². The van der Waals surface area contributed by atoms with Gasteiger partial charge in [0.25, 0.3) is 0 Å². The molecule has 1 aliphatic heterocycles. The summed E-state index contributed by atoms with van der Waals surface area (Å²) in [5, 5.41) is 0. The van der Waals surface area contributed by atoms with Crippen LogP contribution in [0.25, 0.3) is 0 Å². The lowest BCUT2D eigenvalue weighted by Gasteiger charge is -2.41. The Labute approximate surface area is 144 Å². The number of Topliss-reactive ketones (excluding diaryl/α,β-unsaturated/α-hetero) is 1. The van der Waals surface area contributed by atoms with Crippen LogP contribution in [0.4, 0.5) is 11.4 Å². The fourth-order valence-corrected chi connectivity index (χ4v) is 3.12. The number of carbonyl (C=O) groups excluding carboxylic acids is 1. The number of anilines is 2. The van der Waals surface area contributed by atoms with E-state index < -0.39 is 0 Å². The minimum Gasteiger partial charge on any atom is -0.397 e. The van der Waals surface area contributed by atoms with E-state index in [9.17, 15) is 4.79 Å². The quantitative estimate of drug-likeness (QED) is 0.513. The van der Waals surface area contributed by atoms with Crippen molar-refractivity contribution in [2.24, 2.45) is 0 Å². The molecule has 0 saturated carbocycles. The van der Waals surface area contributed by atoms with Crippen LogP contribution in [0.5, 0.6) is 0 Å². The predicted octanol–water partition coefficient (Wildman–Crippen LogP) is 3.28. The van der Waals surface area contributed by atoms with Gasteiger partial charge in [0, 0.05) is 25.2 Å². The SMILES string of the molecule is C=C/C=C(\C=C/C)C1CN(c2ccc(C(C)=O)cc2N)CCN1C. The highest BCUT2D eigenvalue weighted by Gasteiger charge is 2.27. The maximum Gasteiger partial charge on any atom is 0.159 e. The van der Waals surface area contributed by atoms with Crippen molar-refractivity contribution in [1.82, 2.24) is 4.90 Å². The van der Waals surface area contributed by atoms with E-state index in [0.29, 0.717) is 11.3 Å². The second-order valence-corrected chi connectivity index (χ2v) is 6.17. The van der Waals surface area contributed by atoms with E-state index in [1.165, 1.54) is 5.57 Å². The molecule has 0 bridgehead atoms. The first-order valence-electron chi connectivity index (χ1n) is 8.29. The Hall–Kier alpha value is -2.33. The molecule has 1 atom stereocenters. The molecule has 1 aromatic carbocycles. The Morgan fingerprint density at radius 3 is 2.71 bits per heavy atom. The van der Waals surface area contributed by atoms with Crippen LogP contribution in [-0.2, 0) is 0 Å². The van der Waals surface area contributed by atoms with Crippen molar-refractivity contribution in [1.29, 1.82) is 0 Å². The van der Waals surface area contributed by atoms with Crippen molar-refractivity contribution in [3.8, 4) is 0 Å². The average molecular weight is 325 g/mol. The molecule has 0 spiro atoms. The maximum absolute atomic E-state index is 11.5. The molecule has 4 heteroatoms. The number of hydrogen-bond acceptors (Lipinski definition) is 4. The van der Waals surface area contributed by atoms with Crippen LogP contribution in [0.2, 0.25) is 0 Å². The number of ketones is 1. The number of benzene rings is 1. The molecule has 0 amide bonds. The zero-order valence-corrected chi connectivity index (χ0v) is 14.8. The minimum absolute atomic E-state index is 0.0359. The van der Waals surface area contributed by atoms with Crippen molar-refractivity contribution in [2.75, 3.05) is 37.3 Å². The lowest BCUT2D eigenvalue weighted by Crippen LogP contribution is -2.52. The summed E-state index contributed by atoms with van der Waals surface area (Å²) in [5.74, 6) is 0.0359. The number of hydrogen-bond donors (Lipinski definition) is 1. The highest BCUT2D eigenvalue weighted by atomic mass is 16.1. The van der Waals surface area contributed by atoms with Gasteiger partial charge >= 0.3 is 0 Å². The van der Waals surface area contributed by atoms with Gasteiger partial charge in [-0.25, -0.2) is 0 Å². The summed E-state index contributed by atoms with van der Waals surface area (Å²) in [7, 11) is 2.14. The number of nitrogen functional groups attached to an aromatic ring is 1. The Kier molecular flexibility index (Phi) is 5.99. The molecular weight excluding hydrogens is 298 g/mol. The first-order valence-corrected chi connectivity index (χ1v) is 8.29. The van der Waals surface area contributed by atoms with Gasteiger partial charge in [0.15, 0.2) is 5.78 Å². The summed E-state index contributed by atoms with van der Waals surface area (Å²) >= 11 is 0. The van der Waals surface area contributed by atoms with Crippen molar-refractivity contribution in [3.63, 3.8) is 0 Å². The van der Waals surface area contributed by atoms with E-state index in [1.807, 2.05) is 25.1 Å². The summed E-state index contributed by atoms with van der Waals surface area (Å²) in [6, 6.07) is 5.87. The molecule has 1 heterocycles. The molecule has 0 radical (unpaired) electrons. The third-order valence-electron chi connectivity index (χ3n) is 4.48. The Morgan fingerprint density at radius 2 is 2.12 bits per heavy atom. The van der Waals surface area contributed by atoms with Crippen LogP contribution < -0.4 is 10.6 Å². The number of rotatable bonds is 5. The van der Waals surface area contributed by atoms with Crippen molar-refractivity contribution in [3.05, 3.63) is 60.2 Å². The molecule has 24 heavy (non-hydrogen) atoms. The van der Waals surface area contributed by atoms with Crippen LogP contribution in [0, 0.1) is 0 Å². The van der Waals surface area contributed by atoms with E-state index in [1.54, 1.807) is 13.0 Å². The molecule has 1 aromatic rings. The van der Waals surface area contributed by atoms with Crippen LogP contribution >= 0.6 is 0 Å². The number of piperazine rings is 1. The summed E-state index contributed by atoms with van der Waals surface area (Å²) in [5.41, 5.74) is 9.76. The minimum atomic E-state index is 0.0359. The van der Waals surface area contributed by atoms with Gasteiger partial charge in [-0.2, -0.15) is 0 Å². The third-order valence-corrected chi connectivity index (χ3v) is 4.48.